The number of carbonyl (C=O) groups is 2. The van der Waals surface area contributed by atoms with Crippen LogP contribution in [0.3, 0.4) is 0 Å². The molecule has 26 heavy (non-hydrogen) atoms. The van der Waals surface area contributed by atoms with E-state index in [0.29, 0.717) is 22.1 Å². The van der Waals surface area contributed by atoms with Crippen molar-refractivity contribution >= 4 is 23.6 Å². The van der Waals surface area contributed by atoms with Gasteiger partial charge in [0.1, 0.15) is 12.3 Å². The van der Waals surface area contributed by atoms with Gasteiger partial charge in [0.15, 0.2) is 6.61 Å². The third-order valence-electron chi connectivity index (χ3n) is 2.98. The molecule has 0 radical (unpaired) electrons. The highest BCUT2D eigenvalue weighted by Gasteiger charge is 2.27. The third-order valence-corrected chi connectivity index (χ3v) is 4.09. The van der Waals surface area contributed by atoms with Gasteiger partial charge in [-0.15, -0.1) is 11.8 Å². The fraction of sp³-hybridized carbons (Fsp3) is 0.312. The number of alkyl halides is 3. The minimum atomic E-state index is -4.53. The van der Waals surface area contributed by atoms with Gasteiger partial charge in [0.05, 0.1) is 11.3 Å². The number of nitrogens with zero attached hydrogens (tertiary/aromatic N) is 1. The molecule has 0 spiro atoms. The Balaban J connectivity index is 1.91. The summed E-state index contributed by atoms with van der Waals surface area (Å²) in [5.74, 6) is -0.711. The Morgan fingerprint density at radius 3 is 2.69 bits per heavy atom. The standard InChI is InChI=1S/C16H15F3N2O4S/c1-10-6-11(21-25-10)8-26-13-5-3-2-4-12(13)15(23)24-7-14(22)20-9-16(17,18)19/h2-6H,7-9H2,1H3,(H,20,22). The van der Waals surface area contributed by atoms with Crippen molar-refractivity contribution in [1.29, 1.82) is 0 Å². The Labute approximate surface area is 151 Å². The molecule has 0 atom stereocenters. The molecule has 0 unspecified atom stereocenters. The molecule has 1 N–H and O–H groups in total. The molecule has 1 heterocycles. The Bertz CT molecular complexity index is 777. The van der Waals surface area contributed by atoms with Crippen LogP contribution in [-0.2, 0) is 15.3 Å². The summed E-state index contributed by atoms with van der Waals surface area (Å²) in [5, 5.41) is 5.48. The number of benzene rings is 1. The molecule has 1 aromatic carbocycles. The van der Waals surface area contributed by atoms with Gasteiger partial charge in [-0.05, 0) is 19.1 Å². The van der Waals surface area contributed by atoms with Crippen LogP contribution in [0.15, 0.2) is 39.8 Å². The highest BCUT2D eigenvalue weighted by molar-refractivity contribution is 7.98. The zero-order valence-corrected chi connectivity index (χ0v) is 14.4. The topological polar surface area (TPSA) is 81.4 Å². The molecule has 0 bridgehead atoms. The number of ether oxygens (including phenoxy) is 1. The van der Waals surface area contributed by atoms with Crippen LogP contribution in [-0.4, -0.2) is 36.4 Å². The maximum absolute atomic E-state index is 12.1. The molecule has 0 aliphatic rings. The highest BCUT2D eigenvalue weighted by Crippen LogP contribution is 2.26. The van der Waals surface area contributed by atoms with Crippen LogP contribution in [0.2, 0.25) is 0 Å². The maximum Gasteiger partial charge on any atom is 0.405 e. The first kappa shape index (κ1) is 19.8. The second-order valence-corrected chi connectivity index (χ2v) is 6.20. The first-order valence-corrected chi connectivity index (χ1v) is 8.38. The molecule has 1 aromatic heterocycles. The lowest BCUT2D eigenvalue weighted by Gasteiger charge is -2.10. The number of amides is 1. The molecule has 0 saturated heterocycles. The van der Waals surface area contributed by atoms with E-state index in [9.17, 15) is 22.8 Å². The van der Waals surface area contributed by atoms with E-state index in [4.69, 9.17) is 9.26 Å². The van der Waals surface area contributed by atoms with Crippen LogP contribution < -0.4 is 5.32 Å². The van der Waals surface area contributed by atoms with Gasteiger partial charge >= 0.3 is 12.1 Å². The average molecular weight is 388 g/mol. The van der Waals surface area contributed by atoms with E-state index in [-0.39, 0.29) is 5.56 Å². The summed E-state index contributed by atoms with van der Waals surface area (Å²) in [7, 11) is 0. The fourth-order valence-corrected chi connectivity index (χ4v) is 2.78. The predicted octanol–water partition coefficient (Wildman–Crippen LogP) is 3.11. The highest BCUT2D eigenvalue weighted by atomic mass is 32.2. The average Bonchev–Trinajstić information content (AvgIpc) is 3.01. The fourth-order valence-electron chi connectivity index (χ4n) is 1.86. The lowest BCUT2D eigenvalue weighted by molar-refractivity contribution is -0.140. The van der Waals surface area contributed by atoms with Crippen molar-refractivity contribution in [2.24, 2.45) is 0 Å². The van der Waals surface area contributed by atoms with Crippen LogP contribution in [0.4, 0.5) is 13.2 Å². The molecule has 0 aliphatic heterocycles. The van der Waals surface area contributed by atoms with Gasteiger partial charge in [-0.3, -0.25) is 4.79 Å². The van der Waals surface area contributed by atoms with Gasteiger partial charge in [-0.25, -0.2) is 4.79 Å². The molecular formula is C16H15F3N2O4S. The molecule has 1 amide bonds. The zero-order valence-electron chi connectivity index (χ0n) is 13.6. The minimum absolute atomic E-state index is 0.210. The number of thioether (sulfide) groups is 1. The van der Waals surface area contributed by atoms with Gasteiger partial charge in [-0.2, -0.15) is 13.2 Å². The van der Waals surface area contributed by atoms with Crippen LogP contribution in [0, 0.1) is 6.92 Å². The number of aromatic nitrogens is 1. The summed E-state index contributed by atoms with van der Waals surface area (Å²) in [5.41, 5.74) is 0.906. The van der Waals surface area contributed by atoms with Gasteiger partial charge < -0.3 is 14.6 Å². The normalized spacial score (nSPS) is 11.2. The second kappa shape index (κ2) is 8.75. The number of rotatable bonds is 7. The Morgan fingerprint density at radius 2 is 2.04 bits per heavy atom. The number of halogens is 3. The predicted molar refractivity (Wildman–Crippen MR) is 86.6 cm³/mol. The van der Waals surface area contributed by atoms with E-state index in [2.05, 4.69) is 5.16 Å². The van der Waals surface area contributed by atoms with Crippen LogP contribution in [0.25, 0.3) is 0 Å². The molecule has 6 nitrogen and oxygen atoms in total. The Kier molecular flexibility index (Phi) is 6.67. The van der Waals surface area contributed by atoms with Crippen LogP contribution in [0.1, 0.15) is 21.8 Å². The van der Waals surface area contributed by atoms with Gasteiger partial charge in [0, 0.05) is 16.7 Å². The van der Waals surface area contributed by atoms with Crippen molar-refractivity contribution in [3.05, 3.63) is 47.3 Å². The molecule has 140 valence electrons. The van der Waals surface area contributed by atoms with Crippen molar-refractivity contribution in [3.63, 3.8) is 0 Å². The number of nitrogens with one attached hydrogen (secondary N) is 1. The SMILES string of the molecule is Cc1cc(CSc2ccccc2C(=O)OCC(=O)NCC(F)(F)F)no1. The van der Waals surface area contributed by atoms with Crippen molar-refractivity contribution in [2.45, 2.75) is 23.7 Å². The largest absolute Gasteiger partial charge is 0.452 e. The summed E-state index contributed by atoms with van der Waals surface area (Å²) in [6.45, 7) is -0.514. The van der Waals surface area contributed by atoms with Gasteiger partial charge in [0.25, 0.3) is 5.91 Å². The van der Waals surface area contributed by atoms with Crippen LogP contribution in [0.5, 0.6) is 0 Å². The lowest BCUT2D eigenvalue weighted by atomic mass is 10.2. The zero-order chi connectivity index (χ0) is 19.2. The molecule has 10 heteroatoms. The number of hydrogen-bond acceptors (Lipinski definition) is 6. The molecule has 0 saturated carbocycles. The minimum Gasteiger partial charge on any atom is -0.452 e. The number of esters is 1. The summed E-state index contributed by atoms with van der Waals surface area (Å²) in [6.07, 6.45) is -4.53. The summed E-state index contributed by atoms with van der Waals surface area (Å²) in [4.78, 5) is 24.0. The van der Waals surface area contributed by atoms with E-state index in [1.54, 1.807) is 36.5 Å². The molecule has 0 fully saturated rings. The van der Waals surface area contributed by atoms with Crippen molar-refractivity contribution in [3.8, 4) is 0 Å². The monoisotopic (exact) mass is 388 g/mol. The Hall–Kier alpha value is -2.49. The number of aryl methyl sites for hydroxylation is 1. The molecule has 2 aromatic rings. The van der Waals surface area contributed by atoms with E-state index in [1.807, 2.05) is 0 Å². The Morgan fingerprint density at radius 1 is 1.31 bits per heavy atom. The van der Waals surface area contributed by atoms with Gasteiger partial charge in [0.2, 0.25) is 0 Å². The summed E-state index contributed by atoms with van der Waals surface area (Å²) in [6, 6.07) is 8.30. The first-order valence-electron chi connectivity index (χ1n) is 7.39. The van der Waals surface area contributed by atoms with E-state index in [0.717, 1.165) is 0 Å². The molecule has 2 rings (SSSR count). The van der Waals surface area contributed by atoms with E-state index < -0.39 is 31.2 Å². The smallest absolute Gasteiger partial charge is 0.405 e. The number of carbonyl (C=O) groups excluding carboxylic acids is 2. The van der Waals surface area contributed by atoms with Crippen molar-refractivity contribution < 1.29 is 32.0 Å². The van der Waals surface area contributed by atoms with Crippen LogP contribution >= 0.6 is 11.8 Å². The molecule has 0 aliphatic carbocycles. The van der Waals surface area contributed by atoms with E-state index in [1.165, 1.54) is 17.8 Å². The van der Waals surface area contributed by atoms with Crippen molar-refractivity contribution in [2.75, 3.05) is 13.2 Å². The quantitative estimate of drug-likeness (QED) is 0.580. The maximum atomic E-state index is 12.1. The molecular weight excluding hydrogens is 373 g/mol. The van der Waals surface area contributed by atoms with Gasteiger partial charge in [-0.1, -0.05) is 17.3 Å². The van der Waals surface area contributed by atoms with Crippen molar-refractivity contribution in [1.82, 2.24) is 10.5 Å². The third kappa shape index (κ3) is 6.43. The summed E-state index contributed by atoms with van der Waals surface area (Å²) >= 11 is 1.32. The lowest BCUT2D eigenvalue weighted by Crippen LogP contribution is -2.36. The summed E-state index contributed by atoms with van der Waals surface area (Å²) < 4.78 is 45.8. The second-order valence-electron chi connectivity index (χ2n) is 5.18. The van der Waals surface area contributed by atoms with E-state index >= 15 is 0 Å². The number of hydrogen-bond donors (Lipinski definition) is 1. The first-order chi connectivity index (χ1) is 12.2.